The molecule has 0 bridgehead atoms. The standard InChI is InChI=1S/C22H28N4S/c1-15-8-6-7-13-26(15)20-18(14-23)19(24-21(25-20)27-5)16-9-11-17(12-10-16)22(2,3)4/h9-12,15H,6-8,13H2,1-5H3/t15-/m0/s1. The minimum atomic E-state index is 0.0983. The normalized spacial score (nSPS) is 17.6. The highest BCUT2D eigenvalue weighted by atomic mass is 32.2. The van der Waals surface area contributed by atoms with E-state index in [1.54, 1.807) is 0 Å². The SMILES string of the molecule is CSc1nc(-c2ccc(C(C)(C)C)cc2)c(C#N)c(N2CCCC[C@@H]2C)n1. The fourth-order valence-corrected chi connectivity index (χ4v) is 3.94. The minimum absolute atomic E-state index is 0.0983. The molecule has 0 amide bonds. The molecule has 0 spiro atoms. The first-order valence-corrected chi connectivity index (χ1v) is 10.8. The number of piperidine rings is 1. The Morgan fingerprint density at radius 2 is 1.85 bits per heavy atom. The molecule has 1 aliphatic rings. The van der Waals surface area contributed by atoms with Gasteiger partial charge in [-0.2, -0.15) is 5.26 Å². The predicted octanol–water partition coefficient (Wildman–Crippen LogP) is 5.41. The lowest BCUT2D eigenvalue weighted by Crippen LogP contribution is -2.38. The van der Waals surface area contributed by atoms with E-state index in [2.05, 4.69) is 62.9 Å². The molecule has 0 aliphatic carbocycles. The van der Waals surface area contributed by atoms with Gasteiger partial charge >= 0.3 is 0 Å². The van der Waals surface area contributed by atoms with Gasteiger partial charge in [0.1, 0.15) is 11.6 Å². The molecule has 2 heterocycles. The Morgan fingerprint density at radius 3 is 2.41 bits per heavy atom. The van der Waals surface area contributed by atoms with Crippen LogP contribution in [-0.4, -0.2) is 28.8 Å². The van der Waals surface area contributed by atoms with Gasteiger partial charge in [0.2, 0.25) is 0 Å². The van der Waals surface area contributed by atoms with E-state index in [-0.39, 0.29) is 5.41 Å². The lowest BCUT2D eigenvalue weighted by molar-refractivity contribution is 0.479. The number of rotatable bonds is 3. The summed E-state index contributed by atoms with van der Waals surface area (Å²) in [5.41, 5.74) is 3.67. The first kappa shape index (κ1) is 19.7. The van der Waals surface area contributed by atoms with Crippen LogP contribution >= 0.6 is 11.8 Å². The van der Waals surface area contributed by atoms with Crippen molar-refractivity contribution < 1.29 is 0 Å². The largest absolute Gasteiger partial charge is 0.353 e. The summed E-state index contributed by atoms with van der Waals surface area (Å²) < 4.78 is 0. The zero-order valence-electron chi connectivity index (χ0n) is 16.9. The minimum Gasteiger partial charge on any atom is -0.353 e. The summed E-state index contributed by atoms with van der Waals surface area (Å²) in [7, 11) is 0. The van der Waals surface area contributed by atoms with Gasteiger partial charge in [-0.3, -0.25) is 0 Å². The lowest BCUT2D eigenvalue weighted by atomic mass is 9.86. The maximum absolute atomic E-state index is 9.96. The summed E-state index contributed by atoms with van der Waals surface area (Å²) in [5.74, 6) is 0.791. The Bertz CT molecular complexity index is 846. The Kier molecular flexibility index (Phi) is 5.76. The van der Waals surface area contributed by atoms with Crippen molar-refractivity contribution in [3.63, 3.8) is 0 Å². The molecule has 142 valence electrons. The van der Waals surface area contributed by atoms with E-state index in [9.17, 15) is 5.26 Å². The summed E-state index contributed by atoms with van der Waals surface area (Å²) in [6.45, 7) is 9.78. The molecule has 1 saturated heterocycles. The van der Waals surface area contributed by atoms with Crippen molar-refractivity contribution >= 4 is 17.6 Å². The van der Waals surface area contributed by atoms with Gasteiger partial charge in [0.25, 0.3) is 0 Å². The average molecular weight is 381 g/mol. The van der Waals surface area contributed by atoms with Gasteiger partial charge in [-0.05, 0) is 43.4 Å². The molecular formula is C22H28N4S. The van der Waals surface area contributed by atoms with E-state index >= 15 is 0 Å². The Hall–Kier alpha value is -2.06. The van der Waals surface area contributed by atoms with E-state index in [4.69, 9.17) is 9.97 Å². The second-order valence-corrected chi connectivity index (χ2v) is 9.01. The summed E-state index contributed by atoms with van der Waals surface area (Å²) in [4.78, 5) is 11.7. The summed E-state index contributed by atoms with van der Waals surface area (Å²) in [6, 6.07) is 11.2. The number of nitriles is 1. The summed E-state index contributed by atoms with van der Waals surface area (Å²) >= 11 is 1.53. The van der Waals surface area contributed by atoms with E-state index in [0.29, 0.717) is 11.6 Å². The van der Waals surface area contributed by atoms with Crippen molar-refractivity contribution in [2.24, 2.45) is 0 Å². The maximum atomic E-state index is 9.96. The number of hydrogen-bond donors (Lipinski definition) is 0. The van der Waals surface area contributed by atoms with Crippen molar-refractivity contribution in [1.82, 2.24) is 9.97 Å². The Balaban J connectivity index is 2.12. The monoisotopic (exact) mass is 380 g/mol. The Morgan fingerprint density at radius 1 is 1.15 bits per heavy atom. The number of thioether (sulfide) groups is 1. The molecule has 0 saturated carbocycles. The maximum Gasteiger partial charge on any atom is 0.189 e. The molecule has 0 N–H and O–H groups in total. The summed E-state index contributed by atoms with van der Waals surface area (Å²) in [5, 5.41) is 10.7. The van der Waals surface area contributed by atoms with Gasteiger partial charge in [-0.25, -0.2) is 9.97 Å². The van der Waals surface area contributed by atoms with Crippen molar-refractivity contribution in [3.05, 3.63) is 35.4 Å². The van der Waals surface area contributed by atoms with Crippen LogP contribution in [0.3, 0.4) is 0 Å². The average Bonchev–Trinajstić information content (AvgIpc) is 2.66. The third kappa shape index (κ3) is 4.11. The molecule has 1 aromatic carbocycles. The third-order valence-corrected chi connectivity index (χ3v) is 5.81. The van der Waals surface area contributed by atoms with Crippen LogP contribution in [0.1, 0.15) is 58.1 Å². The van der Waals surface area contributed by atoms with Crippen molar-refractivity contribution in [2.75, 3.05) is 17.7 Å². The van der Waals surface area contributed by atoms with E-state index in [0.717, 1.165) is 41.6 Å². The molecule has 1 aromatic heterocycles. The van der Waals surface area contributed by atoms with Crippen molar-refractivity contribution in [1.29, 1.82) is 5.26 Å². The molecule has 2 aromatic rings. The smallest absolute Gasteiger partial charge is 0.189 e. The molecular weight excluding hydrogens is 352 g/mol. The topological polar surface area (TPSA) is 52.8 Å². The van der Waals surface area contributed by atoms with E-state index < -0.39 is 0 Å². The quantitative estimate of drug-likeness (QED) is 0.526. The molecule has 1 aliphatic heterocycles. The highest BCUT2D eigenvalue weighted by Crippen LogP contribution is 2.34. The molecule has 1 fully saturated rings. The van der Waals surface area contributed by atoms with Crippen molar-refractivity contribution in [3.8, 4) is 17.3 Å². The molecule has 5 heteroatoms. The molecule has 4 nitrogen and oxygen atoms in total. The molecule has 0 radical (unpaired) electrons. The molecule has 3 rings (SSSR count). The fourth-order valence-electron chi connectivity index (χ4n) is 3.58. The fraction of sp³-hybridized carbons (Fsp3) is 0.500. The highest BCUT2D eigenvalue weighted by Gasteiger charge is 2.26. The van der Waals surface area contributed by atoms with Crippen LogP contribution in [-0.2, 0) is 5.41 Å². The molecule has 27 heavy (non-hydrogen) atoms. The molecule has 1 atom stereocenters. The van der Waals surface area contributed by atoms with Gasteiger partial charge in [0, 0.05) is 18.2 Å². The van der Waals surface area contributed by atoms with Crippen LogP contribution in [0.5, 0.6) is 0 Å². The lowest BCUT2D eigenvalue weighted by Gasteiger charge is -2.35. The highest BCUT2D eigenvalue weighted by molar-refractivity contribution is 7.98. The Labute approximate surface area is 167 Å². The van der Waals surface area contributed by atoms with Gasteiger partial charge in [0.05, 0.1) is 5.69 Å². The number of benzene rings is 1. The van der Waals surface area contributed by atoms with Crippen molar-refractivity contribution in [2.45, 2.75) is 63.6 Å². The predicted molar refractivity (Wildman–Crippen MR) is 113 cm³/mol. The zero-order chi connectivity index (χ0) is 19.6. The number of nitrogens with zero attached hydrogens (tertiary/aromatic N) is 4. The van der Waals surface area contributed by atoms with Crippen LogP contribution in [0.25, 0.3) is 11.3 Å². The first-order valence-electron chi connectivity index (χ1n) is 9.59. The summed E-state index contributed by atoms with van der Waals surface area (Å²) in [6.07, 6.45) is 5.50. The van der Waals surface area contributed by atoms with Crippen LogP contribution in [0.4, 0.5) is 5.82 Å². The number of hydrogen-bond acceptors (Lipinski definition) is 5. The van der Waals surface area contributed by atoms with Crippen LogP contribution < -0.4 is 4.90 Å². The molecule has 0 unspecified atom stereocenters. The van der Waals surface area contributed by atoms with Gasteiger partial charge in [-0.15, -0.1) is 0 Å². The van der Waals surface area contributed by atoms with Crippen LogP contribution in [0.15, 0.2) is 29.4 Å². The third-order valence-electron chi connectivity index (χ3n) is 5.26. The van der Waals surface area contributed by atoms with Gasteiger partial charge in [0.15, 0.2) is 11.0 Å². The van der Waals surface area contributed by atoms with Crippen LogP contribution in [0.2, 0.25) is 0 Å². The second-order valence-electron chi connectivity index (χ2n) is 8.23. The van der Waals surface area contributed by atoms with E-state index in [1.165, 1.54) is 23.7 Å². The second kappa shape index (κ2) is 7.90. The van der Waals surface area contributed by atoms with Gasteiger partial charge in [-0.1, -0.05) is 56.8 Å². The van der Waals surface area contributed by atoms with E-state index in [1.807, 2.05) is 6.26 Å². The number of anilines is 1. The van der Waals surface area contributed by atoms with Crippen LogP contribution in [0, 0.1) is 11.3 Å². The first-order chi connectivity index (χ1) is 12.8. The zero-order valence-corrected chi connectivity index (χ0v) is 17.7. The van der Waals surface area contributed by atoms with Gasteiger partial charge < -0.3 is 4.90 Å². The number of aromatic nitrogens is 2.